The first-order chi connectivity index (χ1) is 8.70. The van der Waals surface area contributed by atoms with Crippen LogP contribution in [0.4, 0.5) is 0 Å². The molecule has 0 atom stereocenters. The van der Waals surface area contributed by atoms with Gasteiger partial charge in [0.25, 0.3) is 0 Å². The average Bonchev–Trinajstić information content (AvgIpc) is 2.40. The predicted octanol–water partition coefficient (Wildman–Crippen LogP) is 3.92. The van der Waals surface area contributed by atoms with Crippen molar-refractivity contribution >= 4 is 14.8 Å². The number of hydrogen-bond donors (Lipinski definition) is 1. The van der Waals surface area contributed by atoms with Gasteiger partial charge in [0.2, 0.25) is 0 Å². The molecular weight excluding hydrogens is 240 g/mol. The van der Waals surface area contributed by atoms with Gasteiger partial charge in [-0.05, 0) is 37.5 Å². The van der Waals surface area contributed by atoms with Crippen LogP contribution in [0.1, 0.15) is 51.9 Å². The van der Waals surface area contributed by atoms with Crippen molar-refractivity contribution in [3.05, 3.63) is 0 Å². The zero-order valence-corrected chi connectivity index (χ0v) is 12.9. The summed E-state index contributed by atoms with van der Waals surface area (Å²) < 4.78 is 0. The minimum absolute atomic E-state index is 0.0351. The van der Waals surface area contributed by atoms with Crippen molar-refractivity contribution in [2.45, 2.75) is 70.0 Å². The fraction of sp³-hybridized carbons (Fsp3) is 0.933. The maximum atomic E-state index is 11.0. The van der Waals surface area contributed by atoms with E-state index in [1.807, 2.05) is 0 Å². The first kappa shape index (κ1) is 14.1. The SMILES string of the molecule is CCC[SiH]1CCC([C@H]2CC[C@H](C(=O)O)CC2)CC1. The van der Waals surface area contributed by atoms with E-state index < -0.39 is 5.97 Å². The van der Waals surface area contributed by atoms with Gasteiger partial charge in [-0.15, -0.1) is 0 Å². The van der Waals surface area contributed by atoms with Crippen molar-refractivity contribution in [1.82, 2.24) is 0 Å². The van der Waals surface area contributed by atoms with Crippen molar-refractivity contribution in [3.8, 4) is 0 Å². The highest BCUT2D eigenvalue weighted by Gasteiger charge is 2.32. The Hall–Kier alpha value is -0.313. The summed E-state index contributed by atoms with van der Waals surface area (Å²) in [7, 11) is -0.342. The van der Waals surface area contributed by atoms with E-state index in [0.29, 0.717) is 0 Å². The highest BCUT2D eigenvalue weighted by molar-refractivity contribution is 6.58. The molecule has 0 aromatic heterocycles. The van der Waals surface area contributed by atoms with Crippen LogP contribution in [0.25, 0.3) is 0 Å². The Bertz CT molecular complexity index is 264. The maximum Gasteiger partial charge on any atom is 0.306 e. The molecule has 0 aromatic rings. The van der Waals surface area contributed by atoms with Gasteiger partial charge in [0.05, 0.1) is 5.92 Å². The van der Waals surface area contributed by atoms with Gasteiger partial charge in [-0.25, -0.2) is 0 Å². The molecular formula is C15H28O2Si. The molecule has 3 heteroatoms. The summed E-state index contributed by atoms with van der Waals surface area (Å²) in [6, 6.07) is 4.69. The molecule has 1 aliphatic carbocycles. The lowest BCUT2D eigenvalue weighted by Crippen LogP contribution is -2.30. The average molecular weight is 268 g/mol. The van der Waals surface area contributed by atoms with Crippen molar-refractivity contribution < 1.29 is 9.90 Å². The minimum atomic E-state index is -0.562. The van der Waals surface area contributed by atoms with Gasteiger partial charge in [-0.1, -0.05) is 44.3 Å². The van der Waals surface area contributed by atoms with E-state index in [4.69, 9.17) is 5.11 Å². The fourth-order valence-corrected chi connectivity index (χ4v) is 7.68. The molecule has 0 aromatic carbocycles. The molecule has 2 aliphatic rings. The fourth-order valence-electron chi connectivity index (χ4n) is 4.19. The lowest BCUT2D eigenvalue weighted by Gasteiger charge is -2.36. The molecule has 1 heterocycles. The molecule has 2 rings (SSSR count). The highest BCUT2D eigenvalue weighted by atomic mass is 28.3. The molecule has 0 amide bonds. The van der Waals surface area contributed by atoms with Gasteiger partial charge in [-0.3, -0.25) is 4.79 Å². The lowest BCUT2D eigenvalue weighted by atomic mass is 9.74. The number of carbonyl (C=O) groups is 1. The first-order valence-electron chi connectivity index (χ1n) is 7.93. The molecule has 0 spiro atoms. The van der Waals surface area contributed by atoms with Crippen LogP contribution in [0.3, 0.4) is 0 Å². The first-order valence-corrected chi connectivity index (χ1v) is 10.4. The van der Waals surface area contributed by atoms with Crippen LogP contribution in [0, 0.1) is 17.8 Å². The molecule has 18 heavy (non-hydrogen) atoms. The van der Waals surface area contributed by atoms with Crippen LogP contribution in [0.2, 0.25) is 18.1 Å². The molecule has 0 unspecified atom stereocenters. The molecule has 0 bridgehead atoms. The molecule has 0 radical (unpaired) electrons. The number of carboxylic acids is 1. The van der Waals surface area contributed by atoms with Gasteiger partial charge < -0.3 is 5.11 Å². The predicted molar refractivity (Wildman–Crippen MR) is 77.7 cm³/mol. The van der Waals surface area contributed by atoms with E-state index in [9.17, 15) is 4.79 Å². The summed E-state index contributed by atoms with van der Waals surface area (Å²) in [6.07, 6.45) is 8.58. The van der Waals surface area contributed by atoms with Crippen LogP contribution in [0.5, 0.6) is 0 Å². The van der Waals surface area contributed by atoms with Gasteiger partial charge in [0, 0.05) is 8.80 Å². The van der Waals surface area contributed by atoms with Crippen molar-refractivity contribution in [1.29, 1.82) is 0 Å². The Labute approximate surface area is 113 Å². The van der Waals surface area contributed by atoms with Crippen molar-refractivity contribution in [3.63, 3.8) is 0 Å². The Morgan fingerprint density at radius 2 is 1.61 bits per heavy atom. The molecule has 1 aliphatic heterocycles. The third-order valence-electron chi connectivity index (χ3n) is 5.38. The quantitative estimate of drug-likeness (QED) is 0.785. The summed E-state index contributed by atoms with van der Waals surface area (Å²) in [5, 5.41) is 9.03. The van der Waals surface area contributed by atoms with Crippen LogP contribution in [0.15, 0.2) is 0 Å². The Kier molecular flexibility index (Phi) is 5.28. The van der Waals surface area contributed by atoms with E-state index in [1.54, 1.807) is 18.1 Å². The third-order valence-corrected chi connectivity index (χ3v) is 9.07. The number of carboxylic acid groups (broad SMARTS) is 1. The smallest absolute Gasteiger partial charge is 0.306 e. The van der Waals surface area contributed by atoms with Gasteiger partial charge >= 0.3 is 5.97 Å². The Morgan fingerprint density at radius 1 is 1.06 bits per heavy atom. The topological polar surface area (TPSA) is 37.3 Å². The number of rotatable bonds is 4. The molecule has 1 N–H and O–H groups in total. The summed E-state index contributed by atoms with van der Waals surface area (Å²) >= 11 is 0. The highest BCUT2D eigenvalue weighted by Crippen LogP contribution is 2.40. The van der Waals surface area contributed by atoms with E-state index in [1.165, 1.54) is 32.1 Å². The Morgan fingerprint density at radius 3 is 2.11 bits per heavy atom. The van der Waals surface area contributed by atoms with Gasteiger partial charge in [-0.2, -0.15) is 0 Å². The maximum absolute atomic E-state index is 11.0. The lowest BCUT2D eigenvalue weighted by molar-refractivity contribution is -0.143. The summed E-state index contributed by atoms with van der Waals surface area (Å²) in [5.74, 6) is 1.21. The van der Waals surface area contributed by atoms with Crippen LogP contribution in [-0.4, -0.2) is 19.9 Å². The number of aliphatic carboxylic acids is 1. The van der Waals surface area contributed by atoms with Gasteiger partial charge in [0.1, 0.15) is 0 Å². The molecule has 104 valence electrons. The molecule has 1 saturated heterocycles. The molecule has 2 fully saturated rings. The standard InChI is InChI=1S/C15H28O2Si/c1-2-9-18-10-7-13(8-11-18)12-3-5-14(6-4-12)15(16)17/h12-14,18H,2-11H2,1H3,(H,16,17)/t12-,13?,14-,18?. The van der Waals surface area contributed by atoms with E-state index >= 15 is 0 Å². The van der Waals surface area contributed by atoms with Crippen molar-refractivity contribution in [2.24, 2.45) is 17.8 Å². The second kappa shape index (κ2) is 6.74. The zero-order valence-electron chi connectivity index (χ0n) is 11.7. The van der Waals surface area contributed by atoms with Crippen molar-refractivity contribution in [2.75, 3.05) is 0 Å². The van der Waals surface area contributed by atoms with E-state index in [0.717, 1.165) is 24.7 Å². The van der Waals surface area contributed by atoms with E-state index in [2.05, 4.69) is 6.92 Å². The number of hydrogen-bond acceptors (Lipinski definition) is 1. The zero-order chi connectivity index (χ0) is 13.0. The summed E-state index contributed by atoms with van der Waals surface area (Å²) in [5.41, 5.74) is 0. The third kappa shape index (κ3) is 3.59. The molecule has 1 saturated carbocycles. The van der Waals surface area contributed by atoms with E-state index in [-0.39, 0.29) is 14.7 Å². The monoisotopic (exact) mass is 268 g/mol. The minimum Gasteiger partial charge on any atom is -0.481 e. The van der Waals surface area contributed by atoms with Crippen LogP contribution >= 0.6 is 0 Å². The second-order valence-corrected chi connectivity index (χ2v) is 9.98. The largest absolute Gasteiger partial charge is 0.481 e. The molecule has 2 nitrogen and oxygen atoms in total. The summed E-state index contributed by atoms with van der Waals surface area (Å²) in [6.45, 7) is 2.33. The van der Waals surface area contributed by atoms with Crippen LogP contribution in [-0.2, 0) is 4.79 Å². The normalized spacial score (nSPS) is 37.4. The summed E-state index contributed by atoms with van der Waals surface area (Å²) in [4.78, 5) is 11.0. The second-order valence-electron chi connectivity index (χ2n) is 6.52. The Balaban J connectivity index is 1.73. The van der Waals surface area contributed by atoms with Crippen LogP contribution < -0.4 is 0 Å². The van der Waals surface area contributed by atoms with Gasteiger partial charge in [0.15, 0.2) is 0 Å².